The Morgan fingerprint density at radius 2 is 1.97 bits per heavy atom. The fourth-order valence-electron chi connectivity index (χ4n) is 3.54. The third-order valence-corrected chi connectivity index (χ3v) is 7.26. The lowest BCUT2D eigenvalue weighted by Gasteiger charge is -2.29. The smallest absolute Gasteiger partial charge is 0.368 e. The van der Waals surface area contributed by atoms with Gasteiger partial charge in [0.1, 0.15) is 11.2 Å². The monoisotopic (exact) mass is 466 g/mol. The first kappa shape index (κ1) is 23.7. The highest BCUT2D eigenvalue weighted by Crippen LogP contribution is 2.40. The molecule has 0 fully saturated rings. The molecule has 1 aliphatic rings. The Hall–Kier alpha value is -2.98. The molecule has 1 N–H and O–H groups in total. The Balaban J connectivity index is 2.17. The van der Waals surface area contributed by atoms with Crippen LogP contribution >= 0.6 is 0 Å². The predicted molar refractivity (Wildman–Crippen MR) is 116 cm³/mol. The predicted octanol–water partition coefficient (Wildman–Crippen LogP) is 4.43. The Kier molecular flexibility index (Phi) is 7.15. The molecular weight excluding hydrogens is 442 g/mol. The van der Waals surface area contributed by atoms with E-state index in [0.29, 0.717) is 18.7 Å². The van der Waals surface area contributed by atoms with Crippen LogP contribution in [-0.2, 0) is 14.8 Å². The fourth-order valence-corrected chi connectivity index (χ4v) is 5.10. The number of benzene rings is 2. The van der Waals surface area contributed by atoms with Crippen LogP contribution in [-0.4, -0.2) is 43.4 Å². The molecule has 0 saturated carbocycles. The summed E-state index contributed by atoms with van der Waals surface area (Å²) in [6.45, 7) is 2.32. The quantitative estimate of drug-likeness (QED) is 0.480. The number of hydrogen-bond acceptors (Lipinski definition) is 5. The number of carboxylic acids is 1. The Bertz CT molecular complexity index is 1120. The number of halogens is 2. The topological polar surface area (TPSA) is 87.1 Å². The summed E-state index contributed by atoms with van der Waals surface area (Å²) in [5.41, 5.74) is 0.806. The Morgan fingerprint density at radius 3 is 2.59 bits per heavy atom. The van der Waals surface area contributed by atoms with Crippen LogP contribution in [0.4, 0.5) is 20.2 Å². The number of unbranched alkanes of at least 4 members (excludes halogenated alkanes) is 1. The fraction of sp³-hybridized carbons (Fsp3) is 0.318. The summed E-state index contributed by atoms with van der Waals surface area (Å²) >= 11 is 0. The Labute approximate surface area is 185 Å². The molecule has 0 aliphatic carbocycles. The summed E-state index contributed by atoms with van der Waals surface area (Å²) in [7, 11) is -2.58. The third-order valence-electron chi connectivity index (χ3n) is 5.32. The van der Waals surface area contributed by atoms with Crippen LogP contribution in [0.15, 0.2) is 59.4 Å². The highest BCUT2D eigenvalue weighted by atomic mass is 32.2. The molecule has 1 atom stereocenters. The zero-order valence-electron chi connectivity index (χ0n) is 17.7. The summed E-state index contributed by atoms with van der Waals surface area (Å²) in [5, 5.41) is 8.61. The number of sulfonamides is 1. The number of rotatable bonds is 7. The lowest BCUT2D eigenvalue weighted by molar-refractivity contribution is -0.134. The van der Waals surface area contributed by atoms with Crippen LogP contribution < -0.4 is 9.64 Å². The van der Waals surface area contributed by atoms with Crippen LogP contribution in [0.2, 0.25) is 0 Å². The molecule has 7 nitrogen and oxygen atoms in total. The molecule has 32 heavy (non-hydrogen) atoms. The van der Waals surface area contributed by atoms with E-state index >= 15 is 0 Å². The highest BCUT2D eigenvalue weighted by Gasteiger charge is 2.37. The van der Waals surface area contributed by atoms with E-state index in [4.69, 9.17) is 9.84 Å². The molecule has 1 unspecified atom stereocenters. The molecule has 0 radical (unpaired) electrons. The minimum atomic E-state index is -4.06. The van der Waals surface area contributed by atoms with Gasteiger partial charge < -0.3 is 14.7 Å². The van der Waals surface area contributed by atoms with Gasteiger partial charge in [0, 0.05) is 37.5 Å². The molecule has 1 heterocycles. The van der Waals surface area contributed by atoms with Crippen molar-refractivity contribution in [3.63, 3.8) is 0 Å². The lowest BCUT2D eigenvalue weighted by Crippen LogP contribution is -2.40. The maximum atomic E-state index is 14.8. The van der Waals surface area contributed by atoms with E-state index in [0.717, 1.165) is 25.0 Å². The molecule has 2 aromatic carbocycles. The van der Waals surface area contributed by atoms with Gasteiger partial charge in [-0.3, -0.25) is 0 Å². The first-order valence-corrected chi connectivity index (χ1v) is 11.5. The van der Waals surface area contributed by atoms with Crippen molar-refractivity contribution in [2.75, 3.05) is 18.5 Å². The van der Waals surface area contributed by atoms with Crippen molar-refractivity contribution in [3.05, 3.63) is 60.4 Å². The van der Waals surface area contributed by atoms with Crippen LogP contribution in [0.1, 0.15) is 26.2 Å². The van der Waals surface area contributed by atoms with Crippen molar-refractivity contribution < 1.29 is 31.8 Å². The number of carbonyl (C=O) groups is 1. The van der Waals surface area contributed by atoms with Crippen molar-refractivity contribution in [1.82, 2.24) is 4.31 Å². The standard InChI is InChI=1S/C22H24F2N2O5S/c1-3-4-8-16-13-26(15-9-6-5-7-10-15)19-11-17(23)20(31-14-18(24)22(27)28)12-21(19)32(29,30)25(16)2/h5-7,9-12,14,16H,3-4,8,13H2,1-2H3,(H,27,28)/b18-14-. The van der Waals surface area contributed by atoms with Crippen molar-refractivity contribution in [1.29, 1.82) is 0 Å². The minimum absolute atomic E-state index is 0.120. The number of para-hydroxylation sites is 1. The van der Waals surface area contributed by atoms with Gasteiger partial charge in [0.05, 0.1) is 5.69 Å². The number of nitrogens with zero attached hydrogens (tertiary/aromatic N) is 2. The number of ether oxygens (including phenoxy) is 1. The molecule has 0 aromatic heterocycles. The second-order valence-electron chi connectivity index (χ2n) is 7.40. The van der Waals surface area contributed by atoms with Crippen molar-refractivity contribution in [3.8, 4) is 5.75 Å². The maximum Gasteiger partial charge on any atom is 0.368 e. The summed E-state index contributed by atoms with van der Waals surface area (Å²) in [6, 6.07) is 10.6. The Morgan fingerprint density at radius 1 is 1.28 bits per heavy atom. The summed E-state index contributed by atoms with van der Waals surface area (Å²) < 4.78 is 61.1. The average molecular weight is 467 g/mol. The summed E-state index contributed by atoms with van der Waals surface area (Å²) in [4.78, 5) is 12.1. The van der Waals surface area contributed by atoms with Gasteiger partial charge >= 0.3 is 5.97 Å². The van der Waals surface area contributed by atoms with Crippen LogP contribution in [0.25, 0.3) is 0 Å². The SMILES string of the molecule is CCCCC1CN(c2ccccc2)c2cc(F)c(O/C=C(\F)C(=O)O)cc2S(=O)(=O)N1C. The summed E-state index contributed by atoms with van der Waals surface area (Å²) in [6.07, 6.45) is 2.53. The molecule has 0 spiro atoms. The zero-order chi connectivity index (χ0) is 23.5. The van der Waals surface area contributed by atoms with E-state index in [2.05, 4.69) is 0 Å². The summed E-state index contributed by atoms with van der Waals surface area (Å²) in [5.74, 6) is -5.09. The third kappa shape index (κ3) is 4.76. The first-order chi connectivity index (χ1) is 15.2. The molecule has 172 valence electrons. The normalized spacial score (nSPS) is 18.7. The van der Waals surface area contributed by atoms with Crippen LogP contribution in [0, 0.1) is 5.82 Å². The van der Waals surface area contributed by atoms with E-state index in [1.807, 2.05) is 13.0 Å². The molecule has 0 amide bonds. The van der Waals surface area contributed by atoms with Crippen molar-refractivity contribution in [2.45, 2.75) is 37.1 Å². The molecule has 2 aromatic rings. The number of hydrogen-bond donors (Lipinski definition) is 1. The lowest BCUT2D eigenvalue weighted by atomic mass is 10.1. The number of likely N-dealkylation sites (N-methyl/N-ethyl adjacent to an activating group) is 1. The largest absolute Gasteiger partial charge is 0.476 e. The number of fused-ring (bicyclic) bond motifs is 1. The molecule has 0 saturated heterocycles. The number of aliphatic carboxylic acids is 1. The average Bonchev–Trinajstić information content (AvgIpc) is 2.84. The van der Waals surface area contributed by atoms with Gasteiger partial charge in [-0.25, -0.2) is 17.6 Å². The zero-order valence-corrected chi connectivity index (χ0v) is 18.5. The second-order valence-corrected chi connectivity index (χ2v) is 9.37. The molecule has 10 heteroatoms. The van der Waals surface area contributed by atoms with Gasteiger partial charge in [-0.1, -0.05) is 38.0 Å². The first-order valence-electron chi connectivity index (χ1n) is 10.1. The van der Waals surface area contributed by atoms with Gasteiger partial charge in [0.25, 0.3) is 0 Å². The van der Waals surface area contributed by atoms with E-state index in [9.17, 15) is 22.0 Å². The van der Waals surface area contributed by atoms with E-state index in [1.54, 1.807) is 29.2 Å². The molecule has 3 rings (SSSR count). The van der Waals surface area contributed by atoms with Gasteiger partial charge in [0.2, 0.25) is 15.9 Å². The van der Waals surface area contributed by atoms with Gasteiger partial charge in [0.15, 0.2) is 11.6 Å². The van der Waals surface area contributed by atoms with E-state index in [1.165, 1.54) is 11.4 Å². The van der Waals surface area contributed by atoms with E-state index in [-0.39, 0.29) is 22.9 Å². The van der Waals surface area contributed by atoms with Gasteiger partial charge in [-0.2, -0.15) is 8.70 Å². The number of carboxylic acid groups (broad SMARTS) is 1. The van der Waals surface area contributed by atoms with Gasteiger partial charge in [-0.05, 0) is 18.6 Å². The molecule has 0 bridgehead atoms. The number of anilines is 2. The van der Waals surface area contributed by atoms with Gasteiger partial charge in [-0.15, -0.1) is 0 Å². The van der Waals surface area contributed by atoms with Crippen molar-refractivity contribution in [2.24, 2.45) is 0 Å². The molecular formula is C22H24F2N2O5S. The minimum Gasteiger partial charge on any atom is -0.476 e. The highest BCUT2D eigenvalue weighted by molar-refractivity contribution is 7.89. The van der Waals surface area contributed by atoms with E-state index < -0.39 is 33.4 Å². The van der Waals surface area contributed by atoms with Crippen LogP contribution in [0.5, 0.6) is 5.75 Å². The molecule has 1 aliphatic heterocycles. The van der Waals surface area contributed by atoms with Crippen molar-refractivity contribution >= 4 is 27.4 Å². The van der Waals surface area contributed by atoms with Crippen LogP contribution in [0.3, 0.4) is 0 Å². The second kappa shape index (κ2) is 9.66. The maximum absolute atomic E-state index is 14.8.